The largest absolute Gasteiger partial charge is 0.398 e. The van der Waals surface area contributed by atoms with Gasteiger partial charge in [-0.05, 0) is 49.5 Å². The summed E-state index contributed by atoms with van der Waals surface area (Å²) in [6.45, 7) is 10.1. The highest BCUT2D eigenvalue weighted by Crippen LogP contribution is 2.33. The van der Waals surface area contributed by atoms with Crippen LogP contribution in [0, 0.1) is 5.41 Å². The molecule has 114 valence electrons. The summed E-state index contributed by atoms with van der Waals surface area (Å²) in [6, 6.07) is 3.72. The fourth-order valence-electron chi connectivity index (χ4n) is 2.19. The van der Waals surface area contributed by atoms with Crippen molar-refractivity contribution in [2.75, 3.05) is 18.8 Å². The molecule has 0 radical (unpaired) electrons. The van der Waals surface area contributed by atoms with Crippen molar-refractivity contribution in [1.29, 1.82) is 5.41 Å². The van der Waals surface area contributed by atoms with Gasteiger partial charge in [0.15, 0.2) is 0 Å². The van der Waals surface area contributed by atoms with Crippen LogP contribution in [0.5, 0.6) is 0 Å². The van der Waals surface area contributed by atoms with Crippen LogP contribution < -0.4 is 11.1 Å². The van der Waals surface area contributed by atoms with Gasteiger partial charge < -0.3 is 16.5 Å². The van der Waals surface area contributed by atoms with Crippen molar-refractivity contribution in [3.8, 4) is 0 Å². The number of rotatable bonds is 2. The molecule has 2 rings (SSSR count). The Balaban J connectivity index is 0.000000829. The summed E-state index contributed by atoms with van der Waals surface area (Å²) >= 11 is 6.23. The lowest BCUT2D eigenvalue weighted by atomic mass is 9.89. The second-order valence-corrected chi connectivity index (χ2v) is 4.58. The summed E-state index contributed by atoms with van der Waals surface area (Å²) in [6.07, 6.45) is 3.44. The second kappa shape index (κ2) is 10.7. The molecule has 1 fully saturated rings. The minimum atomic E-state index is 0.496. The van der Waals surface area contributed by atoms with Crippen LogP contribution in [0.15, 0.2) is 12.1 Å². The quantitative estimate of drug-likeness (QED) is 0.558. The van der Waals surface area contributed by atoms with E-state index in [0.717, 1.165) is 36.5 Å². The highest BCUT2D eigenvalue weighted by molar-refractivity contribution is 6.31. The third kappa shape index (κ3) is 5.14. The predicted molar refractivity (Wildman–Crippen MR) is 91.3 cm³/mol. The molecule has 0 atom stereocenters. The average molecular weight is 298 g/mol. The predicted octanol–water partition coefficient (Wildman–Crippen LogP) is 4.44. The van der Waals surface area contributed by atoms with Gasteiger partial charge in [0, 0.05) is 22.5 Å². The van der Waals surface area contributed by atoms with E-state index in [4.69, 9.17) is 22.7 Å². The summed E-state index contributed by atoms with van der Waals surface area (Å²) in [5.41, 5.74) is 8.36. The van der Waals surface area contributed by atoms with E-state index < -0.39 is 0 Å². The summed E-state index contributed by atoms with van der Waals surface area (Å²) in [4.78, 5) is 0. The van der Waals surface area contributed by atoms with Crippen molar-refractivity contribution < 1.29 is 0 Å². The van der Waals surface area contributed by atoms with E-state index >= 15 is 0 Å². The van der Waals surface area contributed by atoms with Gasteiger partial charge in [-0.2, -0.15) is 0 Å². The number of piperidine rings is 1. The number of nitrogens with one attached hydrogen (secondary N) is 2. The van der Waals surface area contributed by atoms with Crippen LogP contribution in [-0.2, 0) is 0 Å². The van der Waals surface area contributed by atoms with E-state index in [1.165, 1.54) is 6.21 Å². The highest BCUT2D eigenvalue weighted by atomic mass is 35.5. The second-order valence-electron chi connectivity index (χ2n) is 4.17. The minimum absolute atomic E-state index is 0.496. The maximum Gasteiger partial charge on any atom is 0.0448 e. The molecule has 1 heterocycles. The zero-order valence-corrected chi connectivity index (χ0v) is 13.8. The molecular formula is C16H28ClN3. The van der Waals surface area contributed by atoms with Gasteiger partial charge in [-0.3, -0.25) is 0 Å². The molecule has 1 aliphatic heterocycles. The van der Waals surface area contributed by atoms with Gasteiger partial charge >= 0.3 is 0 Å². The molecule has 4 N–H and O–H groups in total. The Bertz CT molecular complexity index is 399. The molecule has 3 nitrogen and oxygen atoms in total. The standard InChI is InChI=1S/C12H16ClN3.2C2H6/c13-11-5-9(7-14)12(15)6-10(11)8-1-3-16-4-2-8;2*1-2/h5-8,14,16H,1-4,15H2;2*1-2H3. The van der Waals surface area contributed by atoms with Gasteiger partial charge in [0.2, 0.25) is 0 Å². The smallest absolute Gasteiger partial charge is 0.0448 e. The van der Waals surface area contributed by atoms with Crippen LogP contribution in [-0.4, -0.2) is 19.3 Å². The Hall–Kier alpha value is -1.06. The molecule has 1 aromatic rings. The Kier molecular flexibility index (Phi) is 10.1. The highest BCUT2D eigenvalue weighted by Gasteiger charge is 2.18. The van der Waals surface area contributed by atoms with E-state index in [2.05, 4.69) is 5.32 Å². The van der Waals surface area contributed by atoms with Gasteiger partial charge in [0.25, 0.3) is 0 Å². The Morgan fingerprint density at radius 1 is 1.20 bits per heavy atom. The number of benzene rings is 1. The van der Waals surface area contributed by atoms with Gasteiger partial charge in [-0.25, -0.2) is 0 Å². The maximum absolute atomic E-state index is 7.22. The molecule has 4 heteroatoms. The van der Waals surface area contributed by atoms with Crippen molar-refractivity contribution >= 4 is 23.5 Å². The van der Waals surface area contributed by atoms with Crippen molar-refractivity contribution in [3.63, 3.8) is 0 Å². The first kappa shape index (κ1) is 18.9. The van der Waals surface area contributed by atoms with Gasteiger partial charge in [-0.1, -0.05) is 39.3 Å². The lowest BCUT2D eigenvalue weighted by molar-refractivity contribution is 0.460. The van der Waals surface area contributed by atoms with Gasteiger partial charge in [-0.15, -0.1) is 0 Å². The summed E-state index contributed by atoms with van der Waals surface area (Å²) < 4.78 is 0. The van der Waals surface area contributed by atoms with Crippen molar-refractivity contribution in [1.82, 2.24) is 5.32 Å². The SMILES string of the molecule is CC.CC.N=Cc1cc(Cl)c(C2CCNCC2)cc1N. The molecule has 0 aliphatic carbocycles. The number of nitrogens with two attached hydrogens (primary N) is 1. The Labute approximate surface area is 128 Å². The van der Waals surface area contributed by atoms with E-state index in [0.29, 0.717) is 17.2 Å². The third-order valence-corrected chi connectivity index (χ3v) is 3.46. The first-order valence-electron chi connectivity index (χ1n) is 7.52. The maximum atomic E-state index is 7.22. The minimum Gasteiger partial charge on any atom is -0.398 e. The topological polar surface area (TPSA) is 61.9 Å². The van der Waals surface area contributed by atoms with Crippen molar-refractivity contribution in [3.05, 3.63) is 28.3 Å². The molecule has 0 unspecified atom stereocenters. The summed E-state index contributed by atoms with van der Waals surface area (Å²) in [7, 11) is 0. The molecule has 1 aromatic carbocycles. The molecule has 1 aliphatic rings. The normalized spacial score (nSPS) is 14.4. The Morgan fingerprint density at radius 3 is 2.25 bits per heavy atom. The fourth-order valence-corrected chi connectivity index (χ4v) is 2.52. The zero-order valence-electron chi connectivity index (χ0n) is 13.1. The van der Waals surface area contributed by atoms with Crippen molar-refractivity contribution in [2.45, 2.75) is 46.5 Å². The molecule has 0 bridgehead atoms. The zero-order chi connectivity index (χ0) is 15.5. The summed E-state index contributed by atoms with van der Waals surface area (Å²) in [5.74, 6) is 0.496. The van der Waals surface area contributed by atoms with E-state index in [-0.39, 0.29) is 0 Å². The van der Waals surface area contributed by atoms with Gasteiger partial charge in [0.05, 0.1) is 0 Å². The molecule has 1 saturated heterocycles. The van der Waals surface area contributed by atoms with Crippen LogP contribution in [0.25, 0.3) is 0 Å². The molecular weight excluding hydrogens is 270 g/mol. The number of anilines is 1. The molecule has 0 spiro atoms. The molecule has 0 amide bonds. The van der Waals surface area contributed by atoms with Crippen LogP contribution in [0.1, 0.15) is 57.6 Å². The Morgan fingerprint density at radius 2 is 1.75 bits per heavy atom. The molecule has 0 aromatic heterocycles. The number of halogens is 1. The van der Waals surface area contributed by atoms with Gasteiger partial charge in [0.1, 0.15) is 0 Å². The van der Waals surface area contributed by atoms with Crippen molar-refractivity contribution in [2.24, 2.45) is 0 Å². The third-order valence-electron chi connectivity index (χ3n) is 3.14. The first-order chi connectivity index (χ1) is 9.72. The first-order valence-corrected chi connectivity index (χ1v) is 7.90. The van der Waals surface area contributed by atoms with Crippen LogP contribution >= 0.6 is 11.6 Å². The lowest BCUT2D eigenvalue weighted by Gasteiger charge is -2.24. The number of nitrogen functional groups attached to an aromatic ring is 1. The van der Waals surface area contributed by atoms with Crippen LogP contribution in [0.4, 0.5) is 5.69 Å². The molecule has 0 saturated carbocycles. The van der Waals surface area contributed by atoms with E-state index in [9.17, 15) is 0 Å². The summed E-state index contributed by atoms with van der Waals surface area (Å²) in [5, 5.41) is 11.3. The fraction of sp³-hybridized carbons (Fsp3) is 0.562. The van der Waals surface area contributed by atoms with E-state index in [1.54, 1.807) is 6.07 Å². The monoisotopic (exact) mass is 297 g/mol. The van der Waals surface area contributed by atoms with Crippen LogP contribution in [0.3, 0.4) is 0 Å². The number of hydrogen-bond donors (Lipinski definition) is 3. The van der Waals surface area contributed by atoms with E-state index in [1.807, 2.05) is 33.8 Å². The average Bonchev–Trinajstić information content (AvgIpc) is 2.54. The molecule has 20 heavy (non-hydrogen) atoms. The number of hydrogen-bond acceptors (Lipinski definition) is 3. The lowest BCUT2D eigenvalue weighted by Crippen LogP contribution is -2.26. The van der Waals surface area contributed by atoms with Crippen LogP contribution in [0.2, 0.25) is 5.02 Å².